The van der Waals surface area contributed by atoms with E-state index in [4.69, 9.17) is 18.9 Å². The molecule has 5 rings (SSSR count). The minimum Gasteiger partial charge on any atom is -0.507 e. The van der Waals surface area contributed by atoms with Crippen LogP contribution in [0.1, 0.15) is 76.1 Å². The number of rotatable bonds is 5. The number of esters is 1. The predicted molar refractivity (Wildman–Crippen MR) is 201 cm³/mol. The van der Waals surface area contributed by atoms with Gasteiger partial charge in [-0.25, -0.2) is 0 Å². The maximum atomic E-state index is 14.2. The third-order valence-corrected chi connectivity index (χ3v) is 10.7. The number of fused-ring (bicyclic) bond motifs is 14. The molecule has 2 aromatic rings. The molecule has 3 aliphatic heterocycles. The van der Waals surface area contributed by atoms with Gasteiger partial charge in [-0.1, -0.05) is 45.9 Å². The number of anilines is 1. The molecule has 17 heteroatoms. The standard InChI is InChI=1S/C39H50N2O15/c1-16-11-10-12-17(2)38(50)40-29-25(23(43)15-41(51)52)33(47)26-27(34(29)48)32(46)21(6)36-28(26)37(49)39(8,56-36)54-14-13-24(53-9)18(3)35(55-22(7)42)20(5)31(45)19(4)30(16)44/h10-14,16,18-20,23-24,30-31,35,43-48H,15H2,1-9H3,(H,40,50)/b11-10+,14-13+,17-12-/t16-,18+,19+,20+,23+,24-,30-,31+,35+,39-/m0/s1. The molecule has 0 aromatic heterocycles. The van der Waals surface area contributed by atoms with Gasteiger partial charge >= 0.3 is 11.8 Å². The smallest absolute Gasteiger partial charge is 0.312 e. The molecular weight excluding hydrogens is 736 g/mol. The summed E-state index contributed by atoms with van der Waals surface area (Å²) in [5.74, 6) is -10.2. The van der Waals surface area contributed by atoms with Crippen LogP contribution in [0.3, 0.4) is 0 Å². The summed E-state index contributed by atoms with van der Waals surface area (Å²) in [5, 5.41) is 81.2. The average molecular weight is 787 g/mol. The number of nitrogens with zero attached hydrogens (tertiary/aromatic N) is 1. The SMILES string of the molecule is CO[C@H]1/C=C/O[C@@]2(C)Oc3c(C)c(O)c4c(O)c(c([C@H](O)C[N+](=O)[O-])c(O)c4c3C2=O)NC(=O)/C(C)=C\C=C\[C@H](C)[C@H](O)[C@@H](C)[C@@H](O)[C@@H](C)[C@H](OC(C)=O)[C@@H]1C. The summed E-state index contributed by atoms with van der Waals surface area (Å²) in [7, 11) is 1.38. The van der Waals surface area contributed by atoms with Gasteiger partial charge in [-0.3, -0.25) is 24.5 Å². The number of Topliss-reactive ketones (excluding diaryl/α,β-unsaturated/α-hetero) is 1. The Morgan fingerprint density at radius 2 is 1.64 bits per heavy atom. The van der Waals surface area contributed by atoms with E-state index in [0.29, 0.717) is 0 Å². The van der Waals surface area contributed by atoms with Gasteiger partial charge in [0.1, 0.15) is 29.5 Å². The summed E-state index contributed by atoms with van der Waals surface area (Å²) >= 11 is 0. The van der Waals surface area contributed by atoms with Crippen LogP contribution < -0.4 is 10.1 Å². The molecular formula is C39H50N2O15. The molecule has 5 bridgehead atoms. The van der Waals surface area contributed by atoms with E-state index in [2.05, 4.69) is 5.32 Å². The largest absolute Gasteiger partial charge is 0.507 e. The average Bonchev–Trinajstić information content (AvgIpc) is 3.39. The topological polar surface area (TPSA) is 265 Å². The van der Waals surface area contributed by atoms with E-state index in [1.54, 1.807) is 33.8 Å². The zero-order valence-electron chi connectivity index (χ0n) is 32.6. The molecule has 0 fully saturated rings. The van der Waals surface area contributed by atoms with E-state index in [9.17, 15) is 55.1 Å². The number of aliphatic hydroxyl groups excluding tert-OH is 3. The predicted octanol–water partition coefficient (Wildman–Crippen LogP) is 4.06. The second-order valence-electron chi connectivity index (χ2n) is 14.6. The highest BCUT2D eigenvalue weighted by Gasteiger charge is 2.50. The van der Waals surface area contributed by atoms with Gasteiger partial charge < -0.3 is 54.9 Å². The summed E-state index contributed by atoms with van der Waals surface area (Å²) in [6.07, 6.45) is 0.650. The molecule has 0 saturated carbocycles. The lowest BCUT2D eigenvalue weighted by molar-refractivity contribution is -0.491. The van der Waals surface area contributed by atoms with E-state index in [0.717, 1.165) is 6.26 Å². The Bertz CT molecular complexity index is 1990. The number of carbonyl (C=O) groups excluding carboxylic acids is 3. The van der Waals surface area contributed by atoms with E-state index in [1.807, 2.05) is 0 Å². The van der Waals surface area contributed by atoms with Gasteiger partial charge in [0, 0.05) is 66.1 Å². The molecule has 0 saturated heterocycles. The number of ether oxygens (including phenoxy) is 4. The Morgan fingerprint density at radius 3 is 2.23 bits per heavy atom. The second-order valence-corrected chi connectivity index (χ2v) is 14.6. The lowest BCUT2D eigenvalue weighted by Gasteiger charge is -2.38. The molecule has 1 amide bonds. The summed E-state index contributed by atoms with van der Waals surface area (Å²) in [5.41, 5.74) is -1.88. The molecule has 3 heterocycles. The summed E-state index contributed by atoms with van der Waals surface area (Å²) in [4.78, 5) is 50.6. The second kappa shape index (κ2) is 16.9. The van der Waals surface area contributed by atoms with E-state index in [1.165, 1.54) is 53.0 Å². The van der Waals surface area contributed by atoms with Crippen molar-refractivity contribution >= 4 is 34.1 Å². The third kappa shape index (κ3) is 8.16. The highest BCUT2D eigenvalue weighted by molar-refractivity contribution is 6.22. The number of hydrogen-bond acceptors (Lipinski definition) is 15. The van der Waals surface area contributed by atoms with Crippen LogP contribution in [-0.4, -0.2) is 97.1 Å². The van der Waals surface area contributed by atoms with Gasteiger partial charge in [-0.2, -0.15) is 0 Å². The van der Waals surface area contributed by atoms with Crippen LogP contribution in [0, 0.1) is 40.7 Å². The Labute approximate surface area is 323 Å². The lowest BCUT2D eigenvalue weighted by atomic mass is 9.78. The maximum Gasteiger partial charge on any atom is 0.312 e. The summed E-state index contributed by atoms with van der Waals surface area (Å²) in [6.45, 7) is 10.7. The van der Waals surface area contributed by atoms with Crippen molar-refractivity contribution in [2.45, 2.75) is 91.7 Å². The first-order chi connectivity index (χ1) is 26.1. The molecule has 0 aliphatic carbocycles. The molecule has 0 spiro atoms. The van der Waals surface area contributed by atoms with Crippen LogP contribution in [0.15, 0.2) is 36.1 Å². The third-order valence-electron chi connectivity index (χ3n) is 10.7. The minimum atomic E-state index is -2.18. The van der Waals surface area contributed by atoms with Crippen LogP contribution in [0.5, 0.6) is 23.0 Å². The van der Waals surface area contributed by atoms with Gasteiger partial charge in [0.15, 0.2) is 5.75 Å². The van der Waals surface area contributed by atoms with E-state index >= 15 is 0 Å². The Kier molecular flexibility index (Phi) is 13.1. The van der Waals surface area contributed by atoms with Gasteiger partial charge in [0.25, 0.3) is 11.7 Å². The molecule has 7 N–H and O–H groups in total. The van der Waals surface area contributed by atoms with Crippen LogP contribution in [0.2, 0.25) is 0 Å². The summed E-state index contributed by atoms with van der Waals surface area (Å²) < 4.78 is 23.2. The number of methoxy groups -OCH3 is 1. The number of allylic oxidation sites excluding steroid dienone is 2. The van der Waals surface area contributed by atoms with Gasteiger partial charge in [0.2, 0.25) is 6.54 Å². The molecule has 17 nitrogen and oxygen atoms in total. The molecule has 306 valence electrons. The normalized spacial score (nSPS) is 31.5. The van der Waals surface area contributed by atoms with Crippen LogP contribution >= 0.6 is 0 Å². The van der Waals surface area contributed by atoms with Crippen molar-refractivity contribution in [3.63, 3.8) is 0 Å². The molecule has 2 aromatic carbocycles. The van der Waals surface area contributed by atoms with Crippen LogP contribution in [0.4, 0.5) is 5.69 Å². The number of phenols is 3. The fourth-order valence-corrected chi connectivity index (χ4v) is 7.30. The molecule has 0 unspecified atom stereocenters. The number of hydrogen-bond donors (Lipinski definition) is 7. The highest BCUT2D eigenvalue weighted by Crippen LogP contribution is 2.56. The van der Waals surface area contributed by atoms with Crippen molar-refractivity contribution in [3.05, 3.63) is 62.9 Å². The van der Waals surface area contributed by atoms with Crippen LogP contribution in [-0.2, 0) is 23.8 Å². The highest BCUT2D eigenvalue weighted by atomic mass is 16.7. The van der Waals surface area contributed by atoms with Gasteiger partial charge in [-0.05, 0) is 19.9 Å². The first-order valence-electron chi connectivity index (χ1n) is 18.0. The number of nitrogens with one attached hydrogen (secondary N) is 1. The number of aromatic hydroxyl groups is 3. The number of aliphatic hydroxyl groups is 3. The fraction of sp³-hybridized carbons (Fsp3) is 0.513. The van der Waals surface area contributed by atoms with E-state index in [-0.39, 0.29) is 16.9 Å². The van der Waals surface area contributed by atoms with Crippen molar-refractivity contribution < 1.29 is 68.9 Å². The number of ketones is 1. The molecule has 3 aliphatic rings. The first-order valence-corrected chi connectivity index (χ1v) is 18.0. The first kappa shape index (κ1) is 43.5. The van der Waals surface area contributed by atoms with Crippen LogP contribution in [0.25, 0.3) is 10.8 Å². The Hall–Kier alpha value is -5.23. The number of benzene rings is 2. The maximum absolute atomic E-state index is 14.2. The summed E-state index contributed by atoms with van der Waals surface area (Å²) in [6, 6.07) is 0. The fourth-order valence-electron chi connectivity index (χ4n) is 7.30. The van der Waals surface area contributed by atoms with Crippen molar-refractivity contribution in [3.8, 4) is 23.0 Å². The number of nitro groups is 1. The van der Waals surface area contributed by atoms with Crippen molar-refractivity contribution in [1.29, 1.82) is 0 Å². The lowest BCUT2D eigenvalue weighted by Crippen LogP contribution is -2.46. The van der Waals surface area contributed by atoms with Crippen molar-refractivity contribution in [1.82, 2.24) is 0 Å². The zero-order valence-corrected chi connectivity index (χ0v) is 32.6. The Morgan fingerprint density at radius 1 is 1.00 bits per heavy atom. The number of phenolic OH excluding ortho intramolecular Hbond substituents is 3. The quantitative estimate of drug-likeness (QED) is 0.0741. The number of carbonyl (C=O) groups is 3. The monoisotopic (exact) mass is 786 g/mol. The van der Waals surface area contributed by atoms with Gasteiger partial charge in [0.05, 0.1) is 46.8 Å². The van der Waals surface area contributed by atoms with Gasteiger partial charge in [-0.15, -0.1) is 0 Å². The minimum absolute atomic E-state index is 0.00221. The van der Waals surface area contributed by atoms with E-state index < -0.39 is 134 Å². The number of amides is 1. The molecule has 0 radical (unpaired) electrons. The van der Waals surface area contributed by atoms with Crippen molar-refractivity contribution in [2.75, 3.05) is 19.0 Å². The zero-order chi connectivity index (χ0) is 42.1. The van der Waals surface area contributed by atoms with Crippen molar-refractivity contribution in [2.24, 2.45) is 23.7 Å². The Balaban J connectivity index is 1.99. The molecule has 10 atom stereocenters. The molecule has 56 heavy (non-hydrogen) atoms.